The highest BCUT2D eigenvalue weighted by Gasteiger charge is 2.47. The molecule has 2 aromatic carbocycles. The van der Waals surface area contributed by atoms with Gasteiger partial charge in [0.2, 0.25) is 15.0 Å². The second kappa shape index (κ2) is 8.83. The number of allylic oxidation sites excluding steroid dienone is 2. The van der Waals surface area contributed by atoms with Crippen molar-refractivity contribution in [3.05, 3.63) is 85.5 Å². The standard InChI is InChI=1S/C26H32N2O2S/c1-6-17-26(18-7-2,20-25(3,4)5)31(29,30)24-27-22-15-11-12-16-23(22)28(24)19-21-13-9-8-10-14-21/h6-16H,1-2,17-20H2,3-5H3. The molecule has 0 unspecified atom stereocenters. The molecule has 0 saturated heterocycles. The summed E-state index contributed by atoms with van der Waals surface area (Å²) in [6, 6.07) is 17.5. The highest BCUT2D eigenvalue weighted by atomic mass is 32.2. The first-order chi connectivity index (χ1) is 14.6. The summed E-state index contributed by atoms with van der Waals surface area (Å²) < 4.78 is 29.4. The molecule has 0 aliphatic rings. The lowest BCUT2D eigenvalue weighted by atomic mass is 9.81. The van der Waals surface area contributed by atoms with Crippen LogP contribution < -0.4 is 0 Å². The summed E-state index contributed by atoms with van der Waals surface area (Å²) in [6.07, 6.45) is 4.57. The van der Waals surface area contributed by atoms with Gasteiger partial charge in [0.15, 0.2) is 0 Å². The van der Waals surface area contributed by atoms with Crippen molar-refractivity contribution in [2.24, 2.45) is 5.41 Å². The van der Waals surface area contributed by atoms with Crippen molar-refractivity contribution in [1.29, 1.82) is 0 Å². The molecule has 0 saturated carbocycles. The maximum absolute atomic E-state index is 14.3. The number of hydrogen-bond donors (Lipinski definition) is 0. The fraction of sp³-hybridized carbons (Fsp3) is 0.346. The third-order valence-electron chi connectivity index (χ3n) is 5.50. The zero-order valence-electron chi connectivity index (χ0n) is 18.7. The van der Waals surface area contributed by atoms with Gasteiger partial charge < -0.3 is 4.57 Å². The molecule has 0 aliphatic carbocycles. The number of rotatable bonds is 9. The Hall–Kier alpha value is -2.66. The van der Waals surface area contributed by atoms with Crippen LogP contribution >= 0.6 is 0 Å². The van der Waals surface area contributed by atoms with E-state index < -0.39 is 14.6 Å². The van der Waals surface area contributed by atoms with E-state index in [0.29, 0.717) is 31.3 Å². The van der Waals surface area contributed by atoms with Gasteiger partial charge in [-0.05, 0) is 42.4 Å². The molecular weight excluding hydrogens is 404 g/mol. The van der Waals surface area contributed by atoms with Crippen LogP contribution in [0.1, 0.15) is 45.6 Å². The van der Waals surface area contributed by atoms with E-state index in [1.807, 2.05) is 59.2 Å². The number of hydrogen-bond acceptors (Lipinski definition) is 3. The fourth-order valence-electron chi connectivity index (χ4n) is 4.41. The van der Waals surface area contributed by atoms with Gasteiger partial charge in [-0.1, -0.05) is 75.4 Å². The van der Waals surface area contributed by atoms with Crippen molar-refractivity contribution in [3.63, 3.8) is 0 Å². The van der Waals surface area contributed by atoms with Crippen molar-refractivity contribution in [3.8, 4) is 0 Å². The summed E-state index contributed by atoms with van der Waals surface area (Å²) in [4.78, 5) is 4.65. The predicted molar refractivity (Wildman–Crippen MR) is 129 cm³/mol. The SMILES string of the molecule is C=CCC(CC=C)(CC(C)(C)C)S(=O)(=O)c1nc2ccccc2n1Cc1ccccc1. The lowest BCUT2D eigenvalue weighted by molar-refractivity contribution is 0.306. The van der Waals surface area contributed by atoms with Crippen LogP contribution in [0.3, 0.4) is 0 Å². The lowest BCUT2D eigenvalue weighted by Gasteiger charge is -2.37. The molecule has 0 radical (unpaired) electrons. The minimum absolute atomic E-state index is 0.116. The molecule has 31 heavy (non-hydrogen) atoms. The van der Waals surface area contributed by atoms with E-state index in [-0.39, 0.29) is 10.6 Å². The van der Waals surface area contributed by atoms with E-state index in [1.165, 1.54) is 0 Å². The molecule has 0 spiro atoms. The van der Waals surface area contributed by atoms with Crippen LogP contribution in [0.5, 0.6) is 0 Å². The number of nitrogens with zero attached hydrogens (tertiary/aromatic N) is 2. The van der Waals surface area contributed by atoms with E-state index in [1.54, 1.807) is 12.2 Å². The maximum atomic E-state index is 14.3. The van der Waals surface area contributed by atoms with E-state index in [2.05, 4.69) is 38.9 Å². The van der Waals surface area contributed by atoms with Crippen LogP contribution in [0.4, 0.5) is 0 Å². The molecule has 1 heterocycles. The summed E-state index contributed by atoms with van der Waals surface area (Å²) in [7, 11) is -3.82. The second-order valence-electron chi connectivity index (χ2n) is 9.36. The number of aromatic nitrogens is 2. The Kier molecular flexibility index (Phi) is 6.56. The molecular formula is C26H32N2O2S. The normalized spacial score (nSPS) is 12.7. The molecule has 5 heteroatoms. The molecule has 0 aliphatic heterocycles. The molecule has 164 valence electrons. The summed E-state index contributed by atoms with van der Waals surface area (Å²) in [5.41, 5.74) is 2.32. The number of imidazole rings is 1. The first kappa shape index (κ1) is 23.0. The number of benzene rings is 2. The molecule has 0 atom stereocenters. The van der Waals surface area contributed by atoms with Crippen molar-refractivity contribution in [1.82, 2.24) is 9.55 Å². The van der Waals surface area contributed by atoms with Gasteiger partial charge in [-0.2, -0.15) is 0 Å². The molecule has 0 fully saturated rings. The summed E-state index contributed by atoms with van der Waals surface area (Å²) >= 11 is 0. The number of sulfone groups is 1. The smallest absolute Gasteiger partial charge is 0.229 e. The van der Waals surface area contributed by atoms with Crippen molar-refractivity contribution in [2.75, 3.05) is 0 Å². The highest BCUT2D eigenvalue weighted by molar-refractivity contribution is 7.92. The second-order valence-corrected chi connectivity index (χ2v) is 11.6. The van der Waals surface area contributed by atoms with Gasteiger partial charge in [-0.3, -0.25) is 0 Å². The lowest BCUT2D eigenvalue weighted by Crippen LogP contribution is -2.42. The van der Waals surface area contributed by atoms with Crippen molar-refractivity contribution < 1.29 is 8.42 Å². The zero-order valence-corrected chi connectivity index (χ0v) is 19.5. The Morgan fingerprint density at radius 1 is 0.935 bits per heavy atom. The van der Waals surface area contributed by atoms with Crippen LogP contribution in [0.15, 0.2) is 85.1 Å². The van der Waals surface area contributed by atoms with Crippen LogP contribution in [0.25, 0.3) is 11.0 Å². The van der Waals surface area contributed by atoms with E-state index in [4.69, 9.17) is 0 Å². The topological polar surface area (TPSA) is 52.0 Å². The summed E-state index contributed by atoms with van der Waals surface area (Å²) in [5, 5.41) is 0.116. The third-order valence-corrected chi connectivity index (χ3v) is 7.91. The molecule has 1 aromatic heterocycles. The molecule has 4 nitrogen and oxygen atoms in total. The van der Waals surface area contributed by atoms with Gasteiger partial charge in [0.05, 0.1) is 22.3 Å². The van der Waals surface area contributed by atoms with Crippen LogP contribution in [-0.4, -0.2) is 22.7 Å². The van der Waals surface area contributed by atoms with Crippen molar-refractivity contribution >= 4 is 20.9 Å². The number of para-hydroxylation sites is 2. The first-order valence-corrected chi connectivity index (χ1v) is 12.1. The summed E-state index contributed by atoms with van der Waals surface area (Å²) in [6.45, 7) is 14.4. The van der Waals surface area contributed by atoms with Crippen LogP contribution in [0.2, 0.25) is 0 Å². The molecule has 0 bridgehead atoms. The van der Waals surface area contributed by atoms with E-state index in [0.717, 1.165) is 11.1 Å². The third kappa shape index (κ3) is 4.67. The first-order valence-electron chi connectivity index (χ1n) is 10.6. The van der Waals surface area contributed by atoms with E-state index >= 15 is 0 Å². The highest BCUT2D eigenvalue weighted by Crippen LogP contribution is 2.42. The Labute approximate surface area is 186 Å². The van der Waals surface area contributed by atoms with Gasteiger partial charge in [-0.15, -0.1) is 13.2 Å². The average molecular weight is 437 g/mol. The van der Waals surface area contributed by atoms with Gasteiger partial charge in [0.1, 0.15) is 0 Å². The maximum Gasteiger partial charge on any atom is 0.229 e. The fourth-order valence-corrected chi connectivity index (χ4v) is 6.76. The monoisotopic (exact) mass is 436 g/mol. The van der Waals surface area contributed by atoms with Gasteiger partial charge >= 0.3 is 0 Å². The van der Waals surface area contributed by atoms with E-state index in [9.17, 15) is 8.42 Å². The molecule has 3 aromatic rings. The summed E-state index contributed by atoms with van der Waals surface area (Å²) in [5.74, 6) is 0. The largest absolute Gasteiger partial charge is 0.310 e. The minimum Gasteiger partial charge on any atom is -0.310 e. The predicted octanol–water partition coefficient (Wildman–Crippen LogP) is 6.19. The van der Waals surface area contributed by atoms with Gasteiger partial charge in [0, 0.05) is 0 Å². The van der Waals surface area contributed by atoms with Gasteiger partial charge in [0.25, 0.3) is 0 Å². The molecule has 0 N–H and O–H groups in total. The quantitative estimate of drug-likeness (QED) is 0.376. The van der Waals surface area contributed by atoms with Crippen LogP contribution in [0, 0.1) is 5.41 Å². The van der Waals surface area contributed by atoms with Crippen LogP contribution in [-0.2, 0) is 16.4 Å². The van der Waals surface area contributed by atoms with Gasteiger partial charge in [-0.25, -0.2) is 13.4 Å². The average Bonchev–Trinajstić information content (AvgIpc) is 3.07. The number of fused-ring (bicyclic) bond motifs is 1. The zero-order chi connectivity index (χ0) is 22.7. The molecule has 3 rings (SSSR count). The van der Waals surface area contributed by atoms with Crippen molar-refractivity contribution in [2.45, 2.75) is 56.5 Å². The minimum atomic E-state index is -3.82. The Morgan fingerprint density at radius 3 is 2.10 bits per heavy atom. The molecule has 0 amide bonds. The Balaban J connectivity index is 2.27. The Bertz CT molecular complexity index is 1160. The Morgan fingerprint density at radius 2 is 1.52 bits per heavy atom.